The molecule has 1 saturated heterocycles. The number of hydrogen-bond donors (Lipinski definition) is 1. The molecule has 3 nitrogen and oxygen atoms in total. The molecule has 0 aromatic heterocycles. The molecular formula is C9H17NO2. The van der Waals surface area contributed by atoms with Gasteiger partial charge in [0.05, 0.1) is 13.0 Å². The second kappa shape index (κ2) is 5.14. The Bertz CT molecular complexity index is 147. The summed E-state index contributed by atoms with van der Waals surface area (Å²) < 4.78 is 4.84. The zero-order valence-corrected chi connectivity index (χ0v) is 7.64. The van der Waals surface area contributed by atoms with E-state index in [2.05, 4.69) is 12.2 Å². The molecule has 3 heteroatoms. The smallest absolute Gasteiger partial charge is 0.307 e. The van der Waals surface area contributed by atoms with Crippen molar-refractivity contribution in [1.29, 1.82) is 0 Å². The summed E-state index contributed by atoms with van der Waals surface area (Å²) in [6, 6.07) is 0.359. The number of ether oxygens (including phenoxy) is 1. The SMILES string of the molecule is CCCCNC1CCOC(=O)C1. The minimum absolute atomic E-state index is 0.0600. The third-order valence-electron chi connectivity index (χ3n) is 2.11. The van der Waals surface area contributed by atoms with Crippen molar-refractivity contribution in [3.8, 4) is 0 Å². The number of rotatable bonds is 4. The molecule has 1 aliphatic heterocycles. The molecule has 12 heavy (non-hydrogen) atoms. The number of hydrogen-bond acceptors (Lipinski definition) is 3. The predicted molar refractivity (Wildman–Crippen MR) is 46.9 cm³/mol. The lowest BCUT2D eigenvalue weighted by molar-refractivity contribution is -0.147. The first-order valence-electron chi connectivity index (χ1n) is 4.72. The molecule has 0 aromatic rings. The summed E-state index contributed by atoms with van der Waals surface area (Å²) in [5.41, 5.74) is 0. The normalized spacial score (nSPS) is 23.8. The molecule has 70 valence electrons. The van der Waals surface area contributed by atoms with Gasteiger partial charge in [-0.05, 0) is 19.4 Å². The van der Waals surface area contributed by atoms with E-state index >= 15 is 0 Å². The molecule has 0 saturated carbocycles. The van der Waals surface area contributed by atoms with Crippen LogP contribution in [0.3, 0.4) is 0 Å². The van der Waals surface area contributed by atoms with Crippen LogP contribution < -0.4 is 5.32 Å². The zero-order valence-electron chi connectivity index (χ0n) is 7.64. The molecule has 0 aliphatic carbocycles. The molecule has 1 rings (SSSR count). The molecule has 0 amide bonds. The highest BCUT2D eigenvalue weighted by Gasteiger charge is 2.19. The molecule has 1 fully saturated rings. The second-order valence-electron chi connectivity index (χ2n) is 3.22. The molecule has 0 bridgehead atoms. The van der Waals surface area contributed by atoms with E-state index in [4.69, 9.17) is 4.74 Å². The molecule has 1 unspecified atom stereocenters. The van der Waals surface area contributed by atoms with E-state index in [0.29, 0.717) is 19.1 Å². The molecule has 0 spiro atoms. The van der Waals surface area contributed by atoms with Crippen molar-refractivity contribution in [2.75, 3.05) is 13.2 Å². The highest BCUT2D eigenvalue weighted by molar-refractivity contribution is 5.70. The number of unbranched alkanes of at least 4 members (excludes halogenated alkanes) is 1. The summed E-state index contributed by atoms with van der Waals surface area (Å²) in [6.07, 6.45) is 3.90. The average molecular weight is 171 g/mol. The van der Waals surface area contributed by atoms with Gasteiger partial charge in [-0.1, -0.05) is 13.3 Å². The summed E-state index contributed by atoms with van der Waals surface area (Å²) in [6.45, 7) is 3.77. The number of carbonyl (C=O) groups excluding carboxylic acids is 1. The Morgan fingerprint density at radius 3 is 3.17 bits per heavy atom. The Morgan fingerprint density at radius 1 is 1.67 bits per heavy atom. The van der Waals surface area contributed by atoms with Gasteiger partial charge in [0.15, 0.2) is 0 Å². The summed E-state index contributed by atoms with van der Waals surface area (Å²) in [5.74, 6) is -0.0600. The first kappa shape index (κ1) is 9.52. The first-order valence-corrected chi connectivity index (χ1v) is 4.72. The Kier molecular flexibility index (Phi) is 4.08. The maximum atomic E-state index is 10.8. The maximum Gasteiger partial charge on any atom is 0.307 e. The van der Waals surface area contributed by atoms with E-state index < -0.39 is 0 Å². The van der Waals surface area contributed by atoms with Crippen LogP contribution in [0.4, 0.5) is 0 Å². The summed E-state index contributed by atoms with van der Waals surface area (Å²) in [7, 11) is 0. The van der Waals surface area contributed by atoms with Gasteiger partial charge in [0, 0.05) is 6.04 Å². The van der Waals surface area contributed by atoms with E-state index in [0.717, 1.165) is 13.0 Å². The molecule has 1 atom stereocenters. The van der Waals surface area contributed by atoms with Crippen LogP contribution in [0.1, 0.15) is 32.6 Å². The Labute approximate surface area is 73.5 Å². The van der Waals surface area contributed by atoms with Crippen molar-refractivity contribution < 1.29 is 9.53 Å². The highest BCUT2D eigenvalue weighted by Crippen LogP contribution is 2.07. The van der Waals surface area contributed by atoms with E-state index in [1.807, 2.05) is 0 Å². The topological polar surface area (TPSA) is 38.3 Å². The zero-order chi connectivity index (χ0) is 8.81. The number of cyclic esters (lactones) is 1. The fraction of sp³-hybridized carbons (Fsp3) is 0.889. The maximum absolute atomic E-state index is 10.8. The molecule has 1 N–H and O–H groups in total. The van der Waals surface area contributed by atoms with Crippen molar-refractivity contribution in [1.82, 2.24) is 5.32 Å². The van der Waals surface area contributed by atoms with E-state index in [1.54, 1.807) is 0 Å². The van der Waals surface area contributed by atoms with Gasteiger partial charge in [-0.2, -0.15) is 0 Å². The van der Waals surface area contributed by atoms with Crippen molar-refractivity contribution in [2.45, 2.75) is 38.6 Å². The molecule has 0 aromatic carbocycles. The van der Waals surface area contributed by atoms with Gasteiger partial charge in [-0.3, -0.25) is 4.79 Å². The minimum Gasteiger partial charge on any atom is -0.466 e. The van der Waals surface area contributed by atoms with Gasteiger partial charge in [0.1, 0.15) is 0 Å². The Balaban J connectivity index is 2.10. The highest BCUT2D eigenvalue weighted by atomic mass is 16.5. The standard InChI is InChI=1S/C9H17NO2/c1-2-3-5-10-8-4-6-12-9(11)7-8/h8,10H,2-7H2,1H3. The monoisotopic (exact) mass is 171 g/mol. The van der Waals surface area contributed by atoms with Crippen molar-refractivity contribution in [3.63, 3.8) is 0 Å². The summed E-state index contributed by atoms with van der Waals surface area (Å²) in [5, 5.41) is 3.35. The lowest BCUT2D eigenvalue weighted by Crippen LogP contribution is -2.37. The Morgan fingerprint density at radius 2 is 2.50 bits per heavy atom. The van der Waals surface area contributed by atoms with Gasteiger partial charge in [0.25, 0.3) is 0 Å². The molecule has 1 heterocycles. The lowest BCUT2D eigenvalue weighted by Gasteiger charge is -2.22. The van der Waals surface area contributed by atoms with E-state index in [9.17, 15) is 4.79 Å². The van der Waals surface area contributed by atoms with Crippen LogP contribution in [0.25, 0.3) is 0 Å². The number of nitrogens with one attached hydrogen (secondary N) is 1. The number of carbonyl (C=O) groups is 1. The largest absolute Gasteiger partial charge is 0.466 e. The third-order valence-corrected chi connectivity index (χ3v) is 2.11. The fourth-order valence-electron chi connectivity index (χ4n) is 1.33. The van der Waals surface area contributed by atoms with Crippen molar-refractivity contribution >= 4 is 5.97 Å². The van der Waals surface area contributed by atoms with Crippen LogP contribution in [0.5, 0.6) is 0 Å². The summed E-state index contributed by atoms with van der Waals surface area (Å²) >= 11 is 0. The van der Waals surface area contributed by atoms with E-state index in [1.165, 1.54) is 12.8 Å². The second-order valence-corrected chi connectivity index (χ2v) is 3.22. The quantitative estimate of drug-likeness (QED) is 0.508. The van der Waals surface area contributed by atoms with Gasteiger partial charge in [0.2, 0.25) is 0 Å². The minimum atomic E-state index is -0.0600. The van der Waals surface area contributed by atoms with Gasteiger partial charge in [-0.25, -0.2) is 0 Å². The van der Waals surface area contributed by atoms with Crippen LogP contribution in [0.2, 0.25) is 0 Å². The fourth-order valence-corrected chi connectivity index (χ4v) is 1.33. The predicted octanol–water partition coefficient (Wildman–Crippen LogP) is 1.08. The van der Waals surface area contributed by atoms with Gasteiger partial charge < -0.3 is 10.1 Å². The van der Waals surface area contributed by atoms with E-state index in [-0.39, 0.29) is 5.97 Å². The third kappa shape index (κ3) is 3.22. The molecule has 1 aliphatic rings. The van der Waals surface area contributed by atoms with Crippen LogP contribution in [0, 0.1) is 0 Å². The van der Waals surface area contributed by atoms with Crippen LogP contribution in [-0.2, 0) is 9.53 Å². The van der Waals surface area contributed by atoms with Crippen molar-refractivity contribution in [3.05, 3.63) is 0 Å². The van der Waals surface area contributed by atoms with Crippen LogP contribution >= 0.6 is 0 Å². The van der Waals surface area contributed by atoms with Gasteiger partial charge in [-0.15, -0.1) is 0 Å². The molecular weight excluding hydrogens is 154 g/mol. The lowest BCUT2D eigenvalue weighted by atomic mass is 10.1. The first-order chi connectivity index (χ1) is 5.83. The summed E-state index contributed by atoms with van der Waals surface area (Å²) in [4.78, 5) is 10.8. The van der Waals surface area contributed by atoms with Crippen LogP contribution in [-0.4, -0.2) is 25.2 Å². The Hall–Kier alpha value is -0.570. The molecule has 0 radical (unpaired) electrons. The van der Waals surface area contributed by atoms with Gasteiger partial charge >= 0.3 is 5.97 Å². The van der Waals surface area contributed by atoms with Crippen LogP contribution in [0.15, 0.2) is 0 Å². The average Bonchev–Trinajstić information content (AvgIpc) is 2.05. The van der Waals surface area contributed by atoms with Crippen molar-refractivity contribution in [2.24, 2.45) is 0 Å². The number of esters is 1.